The molecule has 3 heteroatoms. The lowest BCUT2D eigenvalue weighted by Crippen LogP contribution is -2.14. The Morgan fingerprint density at radius 3 is 1.94 bits per heavy atom. The van der Waals surface area contributed by atoms with Crippen LogP contribution >= 0.6 is 0 Å². The summed E-state index contributed by atoms with van der Waals surface area (Å²) in [6.45, 7) is 4.57. The van der Waals surface area contributed by atoms with E-state index in [2.05, 4.69) is 35.9 Å². The normalized spacial score (nSPS) is 18.5. The summed E-state index contributed by atoms with van der Waals surface area (Å²) in [6, 6.07) is 4.39. The van der Waals surface area contributed by atoms with Gasteiger partial charge in [0.05, 0.1) is 0 Å². The summed E-state index contributed by atoms with van der Waals surface area (Å²) >= 11 is 0. The van der Waals surface area contributed by atoms with Crippen LogP contribution in [0.4, 0.5) is 0 Å². The molecule has 182 valence electrons. The number of pyridine rings is 1. The second kappa shape index (κ2) is 15.2. The average molecular weight is 450 g/mol. The number of hydrogen-bond acceptors (Lipinski definition) is 3. The highest BCUT2D eigenvalue weighted by Crippen LogP contribution is 2.37. The topological polar surface area (TPSA) is 38.7 Å². The average Bonchev–Trinajstić information content (AvgIpc) is 2.87. The highest BCUT2D eigenvalue weighted by Gasteiger charge is 2.23. The lowest BCUT2D eigenvalue weighted by atomic mass is 9.78. The van der Waals surface area contributed by atoms with Crippen molar-refractivity contribution in [1.82, 2.24) is 15.0 Å². The molecule has 0 saturated heterocycles. The Morgan fingerprint density at radius 1 is 0.667 bits per heavy atom. The highest BCUT2D eigenvalue weighted by molar-refractivity contribution is 5.53. The monoisotopic (exact) mass is 449 g/mol. The third kappa shape index (κ3) is 9.18. The number of hydrogen-bond donors (Lipinski definition) is 0. The first-order chi connectivity index (χ1) is 16.3. The van der Waals surface area contributed by atoms with E-state index in [0.29, 0.717) is 5.92 Å². The van der Waals surface area contributed by atoms with Gasteiger partial charge in [-0.1, -0.05) is 84.5 Å². The van der Waals surface area contributed by atoms with Crippen molar-refractivity contribution in [1.29, 1.82) is 0 Å². The summed E-state index contributed by atoms with van der Waals surface area (Å²) < 4.78 is 0. The quantitative estimate of drug-likeness (QED) is 0.254. The maximum atomic E-state index is 4.82. The first-order valence-corrected chi connectivity index (χ1v) is 14.1. The molecule has 2 heterocycles. The van der Waals surface area contributed by atoms with Crippen LogP contribution in [0, 0.1) is 5.92 Å². The first-order valence-electron chi connectivity index (χ1n) is 14.1. The number of unbranched alkanes of at least 4 members (excludes halogenated alkanes) is 9. The first kappa shape index (κ1) is 25.8. The van der Waals surface area contributed by atoms with E-state index in [4.69, 9.17) is 4.98 Å². The molecular weight excluding hydrogens is 402 g/mol. The predicted octanol–water partition coefficient (Wildman–Crippen LogP) is 9.08. The molecule has 1 saturated carbocycles. The summed E-state index contributed by atoms with van der Waals surface area (Å²) in [5.41, 5.74) is 3.55. The summed E-state index contributed by atoms with van der Waals surface area (Å²) in [7, 11) is 0. The van der Waals surface area contributed by atoms with Gasteiger partial charge in [-0.25, -0.2) is 9.97 Å². The minimum absolute atomic E-state index is 0.635. The SMILES string of the molecule is CCCCCCCCCc1cnc(-c2ccc(C3CCC(CCCCCC)CC3)nc2)nc1. The van der Waals surface area contributed by atoms with Gasteiger partial charge in [-0.05, 0) is 62.1 Å². The van der Waals surface area contributed by atoms with E-state index in [0.717, 1.165) is 23.7 Å². The van der Waals surface area contributed by atoms with Gasteiger partial charge in [-0.15, -0.1) is 0 Å². The van der Waals surface area contributed by atoms with Crippen molar-refractivity contribution in [2.45, 2.75) is 129 Å². The van der Waals surface area contributed by atoms with Gasteiger partial charge in [-0.3, -0.25) is 4.98 Å². The van der Waals surface area contributed by atoms with E-state index < -0.39 is 0 Å². The molecule has 33 heavy (non-hydrogen) atoms. The van der Waals surface area contributed by atoms with Gasteiger partial charge < -0.3 is 0 Å². The minimum Gasteiger partial charge on any atom is -0.260 e. The van der Waals surface area contributed by atoms with Gasteiger partial charge in [0.25, 0.3) is 0 Å². The van der Waals surface area contributed by atoms with Crippen LogP contribution in [0.5, 0.6) is 0 Å². The Balaban J connectivity index is 1.39. The van der Waals surface area contributed by atoms with Crippen LogP contribution in [0.1, 0.15) is 134 Å². The fraction of sp³-hybridized carbons (Fsp3) is 0.700. The molecule has 2 aromatic heterocycles. The number of aromatic nitrogens is 3. The zero-order chi connectivity index (χ0) is 23.1. The fourth-order valence-corrected chi connectivity index (χ4v) is 5.30. The highest BCUT2D eigenvalue weighted by atomic mass is 14.9. The van der Waals surface area contributed by atoms with Gasteiger partial charge in [0.1, 0.15) is 0 Å². The molecule has 0 bridgehead atoms. The zero-order valence-corrected chi connectivity index (χ0v) is 21.4. The number of rotatable bonds is 15. The summed E-state index contributed by atoms with van der Waals surface area (Å²) in [5.74, 6) is 2.38. The molecule has 3 nitrogen and oxygen atoms in total. The molecule has 0 spiro atoms. The number of aryl methyl sites for hydroxylation is 1. The second-order valence-electron chi connectivity index (χ2n) is 10.3. The Kier molecular flexibility index (Phi) is 11.9. The van der Waals surface area contributed by atoms with Gasteiger partial charge in [-0.2, -0.15) is 0 Å². The number of nitrogens with zero attached hydrogens (tertiary/aromatic N) is 3. The van der Waals surface area contributed by atoms with Crippen molar-refractivity contribution < 1.29 is 0 Å². The van der Waals surface area contributed by atoms with E-state index in [1.165, 1.54) is 114 Å². The molecule has 0 N–H and O–H groups in total. The Labute approximate surface area is 203 Å². The molecule has 0 aromatic carbocycles. The van der Waals surface area contributed by atoms with Crippen molar-refractivity contribution >= 4 is 0 Å². The second-order valence-corrected chi connectivity index (χ2v) is 10.3. The minimum atomic E-state index is 0.635. The zero-order valence-electron chi connectivity index (χ0n) is 21.4. The van der Waals surface area contributed by atoms with E-state index in [-0.39, 0.29) is 0 Å². The molecular formula is C30H47N3. The molecule has 0 amide bonds. The van der Waals surface area contributed by atoms with E-state index in [9.17, 15) is 0 Å². The summed E-state index contributed by atoms with van der Waals surface area (Å²) in [5, 5.41) is 0. The lowest BCUT2D eigenvalue weighted by Gasteiger charge is -2.28. The summed E-state index contributed by atoms with van der Waals surface area (Å²) in [4.78, 5) is 14.1. The third-order valence-corrected chi connectivity index (χ3v) is 7.55. The maximum Gasteiger partial charge on any atom is 0.160 e. The van der Waals surface area contributed by atoms with Crippen molar-refractivity contribution in [2.75, 3.05) is 0 Å². The van der Waals surface area contributed by atoms with E-state index >= 15 is 0 Å². The van der Waals surface area contributed by atoms with Crippen LogP contribution in [-0.4, -0.2) is 15.0 Å². The molecule has 1 aliphatic rings. The molecule has 0 atom stereocenters. The van der Waals surface area contributed by atoms with Crippen molar-refractivity contribution in [3.63, 3.8) is 0 Å². The van der Waals surface area contributed by atoms with Crippen LogP contribution in [-0.2, 0) is 6.42 Å². The Bertz CT molecular complexity index is 745. The maximum absolute atomic E-state index is 4.82. The molecule has 1 aliphatic carbocycles. The molecule has 2 aromatic rings. The van der Waals surface area contributed by atoms with Crippen LogP contribution in [0.3, 0.4) is 0 Å². The summed E-state index contributed by atoms with van der Waals surface area (Å²) in [6.07, 6.45) is 28.9. The molecule has 0 aliphatic heterocycles. The van der Waals surface area contributed by atoms with Gasteiger partial charge in [0, 0.05) is 35.8 Å². The van der Waals surface area contributed by atoms with Crippen LogP contribution in [0.15, 0.2) is 30.7 Å². The van der Waals surface area contributed by atoms with Crippen molar-refractivity contribution in [3.8, 4) is 11.4 Å². The largest absolute Gasteiger partial charge is 0.260 e. The van der Waals surface area contributed by atoms with E-state index in [1.54, 1.807) is 0 Å². The third-order valence-electron chi connectivity index (χ3n) is 7.55. The van der Waals surface area contributed by atoms with Gasteiger partial charge in [0.15, 0.2) is 5.82 Å². The fourth-order valence-electron chi connectivity index (χ4n) is 5.30. The van der Waals surface area contributed by atoms with Crippen molar-refractivity contribution in [2.24, 2.45) is 5.92 Å². The van der Waals surface area contributed by atoms with Crippen LogP contribution < -0.4 is 0 Å². The predicted molar refractivity (Wildman–Crippen MR) is 140 cm³/mol. The van der Waals surface area contributed by atoms with Gasteiger partial charge in [0.2, 0.25) is 0 Å². The van der Waals surface area contributed by atoms with Crippen molar-refractivity contribution in [3.05, 3.63) is 42.0 Å². The molecule has 1 fully saturated rings. The molecule has 3 rings (SSSR count). The Hall–Kier alpha value is -1.77. The lowest BCUT2D eigenvalue weighted by molar-refractivity contribution is 0.299. The Morgan fingerprint density at radius 2 is 1.30 bits per heavy atom. The van der Waals surface area contributed by atoms with Crippen LogP contribution in [0.2, 0.25) is 0 Å². The standard InChI is InChI=1S/C30H47N3/c1-3-5-7-9-10-11-13-15-26-22-32-30(33-23-26)28-20-21-29(31-24-28)27-18-16-25(17-19-27)14-12-8-6-4-2/h20-25,27H,3-19H2,1-2H3. The van der Waals surface area contributed by atoms with Crippen LogP contribution in [0.25, 0.3) is 11.4 Å². The smallest absolute Gasteiger partial charge is 0.160 e. The van der Waals surface area contributed by atoms with E-state index in [1.807, 2.05) is 18.6 Å². The van der Waals surface area contributed by atoms with Gasteiger partial charge >= 0.3 is 0 Å². The molecule has 0 unspecified atom stereocenters. The molecule has 0 radical (unpaired) electrons.